The van der Waals surface area contributed by atoms with Gasteiger partial charge >= 0.3 is 6.03 Å². The van der Waals surface area contributed by atoms with E-state index in [2.05, 4.69) is 26.6 Å². The minimum Gasteiger partial charge on any atom is -0.457 e. The number of ether oxygens (including phenoxy) is 1. The molecule has 7 nitrogen and oxygen atoms in total. The van der Waals surface area contributed by atoms with Crippen molar-refractivity contribution in [2.45, 2.75) is 44.1 Å². The minimum absolute atomic E-state index is 0.142. The molecule has 0 atom stereocenters. The number of rotatable bonds is 7. The highest BCUT2D eigenvalue weighted by Crippen LogP contribution is 2.35. The highest BCUT2D eigenvalue weighted by atomic mass is 79.9. The monoisotopic (exact) mass is 485 g/mol. The Morgan fingerprint density at radius 2 is 1.65 bits per heavy atom. The van der Waals surface area contributed by atoms with E-state index in [4.69, 9.17) is 4.74 Å². The van der Waals surface area contributed by atoms with Crippen LogP contribution in [0.2, 0.25) is 0 Å². The van der Waals surface area contributed by atoms with Crippen LogP contribution in [0, 0.1) is 0 Å². The number of carbonyl (C=O) groups is 3. The lowest BCUT2D eigenvalue weighted by atomic mass is 9.98. The van der Waals surface area contributed by atoms with Crippen LogP contribution in [0.3, 0.4) is 0 Å². The van der Waals surface area contributed by atoms with Crippen molar-refractivity contribution in [1.82, 2.24) is 10.2 Å². The van der Waals surface area contributed by atoms with Gasteiger partial charge in [0.1, 0.15) is 17.0 Å². The molecule has 1 heterocycles. The Bertz CT molecular complexity index is 969. The summed E-state index contributed by atoms with van der Waals surface area (Å²) in [4.78, 5) is 38.3. The van der Waals surface area contributed by atoms with Crippen LogP contribution in [0.5, 0.6) is 11.5 Å². The van der Waals surface area contributed by atoms with Gasteiger partial charge in [-0.2, -0.15) is 0 Å². The number of hydrogen-bond donors (Lipinski definition) is 2. The molecule has 2 fully saturated rings. The maximum Gasteiger partial charge on any atom is 0.325 e. The molecule has 162 valence electrons. The van der Waals surface area contributed by atoms with Gasteiger partial charge in [0.15, 0.2) is 0 Å². The van der Waals surface area contributed by atoms with Crippen molar-refractivity contribution < 1.29 is 19.1 Å². The van der Waals surface area contributed by atoms with E-state index in [0.717, 1.165) is 23.1 Å². The fourth-order valence-electron chi connectivity index (χ4n) is 4.06. The number of urea groups is 1. The van der Waals surface area contributed by atoms with Gasteiger partial charge in [0, 0.05) is 23.1 Å². The molecular formula is C23H24BrN3O4. The van der Waals surface area contributed by atoms with Crippen LogP contribution in [-0.4, -0.2) is 34.8 Å². The number of imide groups is 1. The largest absolute Gasteiger partial charge is 0.457 e. The minimum atomic E-state index is -0.695. The molecule has 2 aliphatic rings. The van der Waals surface area contributed by atoms with Crippen molar-refractivity contribution in [3.63, 3.8) is 0 Å². The normalized spacial score (nSPS) is 17.1. The van der Waals surface area contributed by atoms with Crippen molar-refractivity contribution in [2.75, 3.05) is 11.9 Å². The molecule has 8 heteroatoms. The van der Waals surface area contributed by atoms with Crippen molar-refractivity contribution >= 4 is 39.5 Å². The number of anilines is 1. The Labute approximate surface area is 189 Å². The van der Waals surface area contributed by atoms with E-state index in [0.29, 0.717) is 30.7 Å². The van der Waals surface area contributed by atoms with E-state index in [9.17, 15) is 14.4 Å². The van der Waals surface area contributed by atoms with Crippen LogP contribution < -0.4 is 15.4 Å². The van der Waals surface area contributed by atoms with Gasteiger partial charge in [0.25, 0.3) is 5.91 Å². The van der Waals surface area contributed by atoms with E-state index >= 15 is 0 Å². The third-order valence-electron chi connectivity index (χ3n) is 5.68. The second kappa shape index (κ2) is 9.09. The fraction of sp³-hybridized carbons (Fsp3) is 0.348. The zero-order valence-electron chi connectivity index (χ0n) is 17.0. The van der Waals surface area contributed by atoms with Gasteiger partial charge in [0.2, 0.25) is 5.91 Å². The molecule has 1 saturated heterocycles. The average Bonchev–Trinajstić information content (AvgIpc) is 3.31. The SMILES string of the molecule is O=C(CCCN1C(=O)NC2(CCCC2)C1=O)Nc1ccc(Oc2ccc(Br)cc2)cc1. The average molecular weight is 486 g/mol. The summed E-state index contributed by atoms with van der Waals surface area (Å²) in [7, 11) is 0. The van der Waals surface area contributed by atoms with Gasteiger partial charge < -0.3 is 15.4 Å². The van der Waals surface area contributed by atoms with E-state index in [1.807, 2.05) is 24.3 Å². The van der Waals surface area contributed by atoms with Gasteiger partial charge in [0.05, 0.1) is 0 Å². The molecule has 2 aromatic rings. The number of nitrogens with zero attached hydrogens (tertiary/aromatic N) is 1. The summed E-state index contributed by atoms with van der Waals surface area (Å²) in [6.07, 6.45) is 3.96. The summed E-state index contributed by atoms with van der Waals surface area (Å²) in [6.45, 7) is 0.250. The Hall–Kier alpha value is -2.87. The maximum atomic E-state index is 12.6. The van der Waals surface area contributed by atoms with Crippen LogP contribution in [0.15, 0.2) is 53.0 Å². The second-order valence-electron chi connectivity index (χ2n) is 7.91. The first-order chi connectivity index (χ1) is 14.9. The number of hydrogen-bond acceptors (Lipinski definition) is 4. The molecule has 2 N–H and O–H groups in total. The lowest BCUT2D eigenvalue weighted by Crippen LogP contribution is -2.44. The number of amides is 4. The summed E-state index contributed by atoms with van der Waals surface area (Å²) in [5, 5.41) is 5.69. The van der Waals surface area contributed by atoms with Crippen molar-refractivity contribution in [3.05, 3.63) is 53.0 Å². The summed E-state index contributed by atoms with van der Waals surface area (Å²) >= 11 is 3.39. The highest BCUT2D eigenvalue weighted by Gasteiger charge is 2.51. The molecule has 0 bridgehead atoms. The number of carbonyl (C=O) groups excluding carboxylic acids is 3. The van der Waals surface area contributed by atoms with E-state index < -0.39 is 5.54 Å². The smallest absolute Gasteiger partial charge is 0.325 e. The van der Waals surface area contributed by atoms with E-state index in [-0.39, 0.29) is 30.8 Å². The third-order valence-corrected chi connectivity index (χ3v) is 6.20. The zero-order chi connectivity index (χ0) is 21.8. The van der Waals surface area contributed by atoms with Crippen LogP contribution in [-0.2, 0) is 9.59 Å². The Morgan fingerprint density at radius 1 is 1.03 bits per heavy atom. The lowest BCUT2D eigenvalue weighted by Gasteiger charge is -2.19. The summed E-state index contributed by atoms with van der Waals surface area (Å²) in [5.41, 5.74) is -0.0348. The molecule has 1 aliphatic heterocycles. The summed E-state index contributed by atoms with van der Waals surface area (Å²) in [5.74, 6) is 1.08. The molecule has 1 saturated carbocycles. The van der Waals surface area contributed by atoms with Gasteiger partial charge in [-0.1, -0.05) is 28.8 Å². The van der Waals surface area contributed by atoms with E-state index in [1.54, 1.807) is 24.3 Å². The topological polar surface area (TPSA) is 87.7 Å². The quantitative estimate of drug-likeness (QED) is 0.550. The van der Waals surface area contributed by atoms with Gasteiger partial charge in [-0.3, -0.25) is 14.5 Å². The molecule has 1 spiro atoms. The third kappa shape index (κ3) is 4.90. The summed E-state index contributed by atoms with van der Waals surface area (Å²) < 4.78 is 6.74. The van der Waals surface area contributed by atoms with Crippen LogP contribution >= 0.6 is 15.9 Å². The number of nitrogens with one attached hydrogen (secondary N) is 2. The Morgan fingerprint density at radius 3 is 2.29 bits per heavy atom. The standard InChI is InChI=1S/C23H24BrN3O4/c24-16-5-9-18(10-6-16)31-19-11-7-17(8-12-19)25-20(28)4-3-15-27-21(29)23(26-22(27)30)13-1-2-14-23/h5-12H,1-4,13-15H2,(H,25,28)(H,26,30). The van der Waals surface area contributed by atoms with Crippen LogP contribution in [0.4, 0.5) is 10.5 Å². The first-order valence-electron chi connectivity index (χ1n) is 10.4. The molecule has 0 radical (unpaired) electrons. The summed E-state index contributed by atoms with van der Waals surface area (Å²) in [6, 6.07) is 14.3. The van der Waals surface area contributed by atoms with Crippen molar-refractivity contribution in [3.8, 4) is 11.5 Å². The van der Waals surface area contributed by atoms with Crippen molar-refractivity contribution in [1.29, 1.82) is 0 Å². The molecule has 1 aliphatic carbocycles. The predicted molar refractivity (Wildman–Crippen MR) is 120 cm³/mol. The Balaban J connectivity index is 1.23. The predicted octanol–water partition coefficient (Wildman–Crippen LogP) is 4.82. The van der Waals surface area contributed by atoms with Crippen LogP contribution in [0.25, 0.3) is 0 Å². The van der Waals surface area contributed by atoms with Gasteiger partial charge in [-0.25, -0.2) is 4.79 Å². The number of benzene rings is 2. The molecule has 4 rings (SSSR count). The first-order valence-corrected chi connectivity index (χ1v) is 11.2. The second-order valence-corrected chi connectivity index (χ2v) is 8.82. The molecule has 2 aromatic carbocycles. The molecule has 0 unspecified atom stereocenters. The highest BCUT2D eigenvalue weighted by molar-refractivity contribution is 9.10. The molecular weight excluding hydrogens is 462 g/mol. The van der Waals surface area contributed by atoms with Gasteiger partial charge in [-0.05, 0) is 67.8 Å². The first kappa shape index (κ1) is 21.4. The van der Waals surface area contributed by atoms with Gasteiger partial charge in [-0.15, -0.1) is 0 Å². The zero-order valence-corrected chi connectivity index (χ0v) is 18.6. The molecule has 0 aromatic heterocycles. The fourth-order valence-corrected chi connectivity index (χ4v) is 4.33. The van der Waals surface area contributed by atoms with Crippen molar-refractivity contribution in [2.24, 2.45) is 0 Å². The van der Waals surface area contributed by atoms with Crippen LogP contribution in [0.1, 0.15) is 38.5 Å². The number of halogens is 1. The maximum absolute atomic E-state index is 12.6. The molecule has 4 amide bonds. The Kier molecular flexibility index (Phi) is 6.27. The lowest BCUT2D eigenvalue weighted by molar-refractivity contribution is -0.131. The van der Waals surface area contributed by atoms with E-state index in [1.165, 1.54) is 4.90 Å². The molecule has 31 heavy (non-hydrogen) atoms.